The number of pyridine rings is 1. The minimum Gasteiger partial charge on any atom is -0.356 e. The lowest BCUT2D eigenvalue weighted by molar-refractivity contribution is 0.0967. The highest BCUT2D eigenvalue weighted by Crippen LogP contribution is 2.24. The van der Waals surface area contributed by atoms with E-state index in [0.717, 1.165) is 49.8 Å². The lowest BCUT2D eigenvalue weighted by Gasteiger charge is -2.32. The summed E-state index contributed by atoms with van der Waals surface area (Å²) in [5.41, 5.74) is 1.51. The van der Waals surface area contributed by atoms with Gasteiger partial charge >= 0.3 is 0 Å². The van der Waals surface area contributed by atoms with E-state index in [1.54, 1.807) is 6.20 Å². The number of anilines is 1. The van der Waals surface area contributed by atoms with Gasteiger partial charge in [0, 0.05) is 25.0 Å². The Kier molecular flexibility index (Phi) is 4.56. The molecule has 1 aliphatic heterocycles. The average Bonchev–Trinajstić information content (AvgIpc) is 2.56. The summed E-state index contributed by atoms with van der Waals surface area (Å²) in [6, 6.07) is 3.68. The Balaban J connectivity index is 1.77. The van der Waals surface area contributed by atoms with Crippen LogP contribution in [-0.4, -0.2) is 24.0 Å². The maximum Gasteiger partial charge on any atom is 0.259 e. The van der Waals surface area contributed by atoms with Gasteiger partial charge < -0.3 is 10.2 Å². The number of hydrogen-bond acceptors (Lipinski definition) is 3. The van der Waals surface area contributed by atoms with Crippen molar-refractivity contribution in [3.63, 3.8) is 0 Å². The number of nitrogens with one attached hydrogen (secondary N) is 1. The third-order valence-corrected chi connectivity index (χ3v) is 4.26. The summed E-state index contributed by atoms with van der Waals surface area (Å²) < 4.78 is 0. The third kappa shape index (κ3) is 3.38. The van der Waals surface area contributed by atoms with Crippen LogP contribution in [0.5, 0.6) is 0 Å². The lowest BCUT2D eigenvalue weighted by Crippen LogP contribution is -2.35. The van der Waals surface area contributed by atoms with Gasteiger partial charge in [0.25, 0.3) is 5.91 Å². The van der Waals surface area contributed by atoms with Crippen molar-refractivity contribution >= 4 is 11.7 Å². The summed E-state index contributed by atoms with van der Waals surface area (Å²) in [5, 5.41) is 2.97. The van der Waals surface area contributed by atoms with E-state index in [2.05, 4.69) is 28.5 Å². The van der Waals surface area contributed by atoms with Gasteiger partial charge in [0.2, 0.25) is 0 Å². The van der Waals surface area contributed by atoms with Crippen LogP contribution in [-0.2, 0) is 0 Å². The van der Waals surface area contributed by atoms with Crippen LogP contribution in [0.2, 0.25) is 0 Å². The Hall–Kier alpha value is -2.10. The molecule has 0 aromatic carbocycles. The Morgan fingerprint density at radius 1 is 1.36 bits per heavy atom. The van der Waals surface area contributed by atoms with Crippen LogP contribution >= 0.6 is 0 Å². The van der Waals surface area contributed by atoms with Crippen molar-refractivity contribution < 1.29 is 4.79 Å². The molecule has 1 aromatic rings. The monoisotopic (exact) mass is 296 g/mol. The molecule has 115 valence electrons. The topological polar surface area (TPSA) is 45.2 Å². The first-order chi connectivity index (χ1) is 10.7. The van der Waals surface area contributed by atoms with Crippen molar-refractivity contribution in [3.8, 4) is 0 Å². The van der Waals surface area contributed by atoms with Crippen molar-refractivity contribution in [1.82, 2.24) is 10.3 Å². The molecule has 1 radical (unpaired) electrons. The van der Waals surface area contributed by atoms with Gasteiger partial charge in [-0.05, 0) is 49.8 Å². The first-order valence-corrected chi connectivity index (χ1v) is 7.95. The van der Waals surface area contributed by atoms with Gasteiger partial charge in [-0.15, -0.1) is 0 Å². The smallest absolute Gasteiger partial charge is 0.259 e. The van der Waals surface area contributed by atoms with E-state index in [1.807, 2.05) is 30.4 Å². The van der Waals surface area contributed by atoms with Crippen molar-refractivity contribution in [1.29, 1.82) is 0 Å². The Morgan fingerprint density at radius 2 is 2.18 bits per heavy atom. The van der Waals surface area contributed by atoms with Gasteiger partial charge in [-0.1, -0.05) is 19.1 Å². The standard InChI is InChI=1S/C18H22N3O/c1-14-9-12-21(13-10-14)17-16(8-5-11-19-17)18(22)20-15-6-3-2-4-7-15/h2-3,5-8,11,14H,4,9-10,12-13H2,1H3,(H,20,22). The number of amides is 1. The molecule has 0 spiro atoms. The largest absolute Gasteiger partial charge is 0.356 e. The number of hydrogen-bond donors (Lipinski definition) is 1. The molecule has 1 aliphatic carbocycles. The zero-order chi connectivity index (χ0) is 15.4. The second-order valence-electron chi connectivity index (χ2n) is 5.99. The van der Waals surface area contributed by atoms with Crippen LogP contribution in [0, 0.1) is 12.3 Å². The van der Waals surface area contributed by atoms with Crippen LogP contribution in [0.3, 0.4) is 0 Å². The molecule has 1 fully saturated rings. The van der Waals surface area contributed by atoms with Crippen molar-refractivity contribution in [2.24, 2.45) is 5.92 Å². The number of allylic oxidation sites excluding steroid dienone is 3. The molecule has 0 bridgehead atoms. The van der Waals surface area contributed by atoms with E-state index in [0.29, 0.717) is 5.56 Å². The third-order valence-electron chi connectivity index (χ3n) is 4.26. The zero-order valence-corrected chi connectivity index (χ0v) is 13.0. The SMILES string of the molecule is CC1CCN(c2ncccc2C(=O)NC2=CC[CH]C=C2)CC1. The molecule has 1 N–H and O–H groups in total. The van der Waals surface area contributed by atoms with E-state index in [-0.39, 0.29) is 5.91 Å². The van der Waals surface area contributed by atoms with Gasteiger partial charge in [-0.3, -0.25) is 4.79 Å². The molecular weight excluding hydrogens is 274 g/mol. The fraction of sp³-hybridized carbons (Fsp3) is 0.389. The molecule has 0 unspecified atom stereocenters. The van der Waals surface area contributed by atoms with E-state index in [9.17, 15) is 4.79 Å². The Bertz CT molecular complexity index is 598. The predicted molar refractivity (Wildman–Crippen MR) is 88.5 cm³/mol. The minimum absolute atomic E-state index is 0.0838. The zero-order valence-electron chi connectivity index (χ0n) is 13.0. The molecule has 2 heterocycles. The minimum atomic E-state index is -0.0838. The van der Waals surface area contributed by atoms with Gasteiger partial charge in [0.1, 0.15) is 5.82 Å². The van der Waals surface area contributed by atoms with Gasteiger partial charge in [-0.25, -0.2) is 4.98 Å². The number of piperidine rings is 1. The van der Waals surface area contributed by atoms with E-state index in [4.69, 9.17) is 0 Å². The second kappa shape index (κ2) is 6.77. The molecule has 4 heteroatoms. The number of carbonyl (C=O) groups excluding carboxylic acids is 1. The first-order valence-electron chi connectivity index (χ1n) is 7.95. The van der Waals surface area contributed by atoms with Crippen LogP contribution in [0.15, 0.2) is 42.3 Å². The summed E-state index contributed by atoms with van der Waals surface area (Å²) in [5.74, 6) is 1.48. The van der Waals surface area contributed by atoms with Crippen molar-refractivity contribution in [2.45, 2.75) is 26.2 Å². The van der Waals surface area contributed by atoms with E-state index < -0.39 is 0 Å². The Labute approximate surface area is 131 Å². The van der Waals surface area contributed by atoms with Crippen LogP contribution in [0.4, 0.5) is 5.82 Å². The van der Waals surface area contributed by atoms with Crippen molar-refractivity contribution in [3.05, 3.63) is 54.2 Å². The Morgan fingerprint density at radius 3 is 2.91 bits per heavy atom. The number of rotatable bonds is 3. The van der Waals surface area contributed by atoms with Crippen molar-refractivity contribution in [2.75, 3.05) is 18.0 Å². The van der Waals surface area contributed by atoms with Crippen LogP contribution in [0.25, 0.3) is 0 Å². The summed E-state index contributed by atoms with van der Waals surface area (Å²) in [7, 11) is 0. The number of nitrogens with zero attached hydrogens (tertiary/aromatic N) is 2. The van der Waals surface area contributed by atoms with Crippen LogP contribution < -0.4 is 10.2 Å². The fourth-order valence-electron chi connectivity index (χ4n) is 2.85. The average molecular weight is 296 g/mol. The van der Waals surface area contributed by atoms with E-state index in [1.165, 1.54) is 0 Å². The van der Waals surface area contributed by atoms with Gasteiger partial charge in [0.15, 0.2) is 0 Å². The molecule has 1 aromatic heterocycles. The number of aromatic nitrogens is 1. The molecule has 1 amide bonds. The maximum atomic E-state index is 12.6. The molecule has 0 saturated carbocycles. The van der Waals surface area contributed by atoms with E-state index >= 15 is 0 Å². The summed E-state index contributed by atoms with van der Waals surface area (Å²) in [6.45, 7) is 4.22. The predicted octanol–water partition coefficient (Wildman–Crippen LogP) is 3.10. The quantitative estimate of drug-likeness (QED) is 0.932. The highest BCUT2D eigenvalue weighted by atomic mass is 16.1. The van der Waals surface area contributed by atoms with Crippen LogP contribution in [0.1, 0.15) is 36.5 Å². The molecular formula is C18H22N3O. The molecule has 2 aliphatic rings. The summed E-state index contributed by atoms with van der Waals surface area (Å²) in [6.07, 6.45) is 12.9. The lowest BCUT2D eigenvalue weighted by atomic mass is 9.99. The van der Waals surface area contributed by atoms with Gasteiger partial charge in [0.05, 0.1) is 5.56 Å². The molecule has 0 atom stereocenters. The summed E-state index contributed by atoms with van der Waals surface area (Å²) >= 11 is 0. The molecule has 1 saturated heterocycles. The second-order valence-corrected chi connectivity index (χ2v) is 5.99. The highest BCUT2D eigenvalue weighted by Gasteiger charge is 2.22. The molecule has 3 rings (SSSR count). The number of carbonyl (C=O) groups is 1. The highest BCUT2D eigenvalue weighted by molar-refractivity contribution is 6.00. The fourth-order valence-corrected chi connectivity index (χ4v) is 2.85. The molecule has 4 nitrogen and oxygen atoms in total. The first kappa shape index (κ1) is 14.8. The maximum absolute atomic E-state index is 12.6. The van der Waals surface area contributed by atoms with Gasteiger partial charge in [-0.2, -0.15) is 0 Å². The normalized spacial score (nSPS) is 19.0. The molecule has 22 heavy (non-hydrogen) atoms. The summed E-state index contributed by atoms with van der Waals surface area (Å²) in [4.78, 5) is 19.3.